The number of carbonyl (C=O) groups is 1. The molecule has 1 aliphatic heterocycles. The van der Waals surface area contributed by atoms with Crippen LogP contribution >= 0.6 is 0 Å². The number of urea groups is 1. The lowest BCUT2D eigenvalue weighted by molar-refractivity contribution is 0.144. The van der Waals surface area contributed by atoms with Crippen LogP contribution in [0.3, 0.4) is 0 Å². The quantitative estimate of drug-likeness (QED) is 0.398. The molecule has 0 unspecified atom stereocenters. The van der Waals surface area contributed by atoms with Gasteiger partial charge in [-0.1, -0.05) is 6.07 Å². The summed E-state index contributed by atoms with van der Waals surface area (Å²) in [6, 6.07) is 11.0. The van der Waals surface area contributed by atoms with Crippen LogP contribution in [0.2, 0.25) is 0 Å². The molecule has 0 radical (unpaired) electrons. The molecule has 2 amide bonds. The maximum Gasteiger partial charge on any atom is 0.330 e. The van der Waals surface area contributed by atoms with Crippen LogP contribution in [0.1, 0.15) is 18.4 Å². The van der Waals surface area contributed by atoms with Gasteiger partial charge < -0.3 is 25.4 Å². The van der Waals surface area contributed by atoms with E-state index in [0.717, 1.165) is 18.4 Å². The number of benzene rings is 1. The van der Waals surface area contributed by atoms with E-state index >= 15 is 0 Å². The number of nitrogens with zero attached hydrogens (tertiary/aromatic N) is 5. The fraction of sp³-hybridized carbons (Fsp3) is 0.304. The van der Waals surface area contributed by atoms with E-state index < -0.39 is 0 Å². The van der Waals surface area contributed by atoms with Crippen molar-refractivity contribution in [3.05, 3.63) is 54.4 Å². The summed E-state index contributed by atoms with van der Waals surface area (Å²) in [7, 11) is 1.62. The summed E-state index contributed by atoms with van der Waals surface area (Å²) in [6.07, 6.45) is 5.44. The van der Waals surface area contributed by atoms with Crippen LogP contribution < -0.4 is 20.7 Å². The Morgan fingerprint density at radius 3 is 2.76 bits per heavy atom. The summed E-state index contributed by atoms with van der Waals surface area (Å²) in [5.41, 5.74) is 8.84. The Balaban J connectivity index is 1.42. The molecule has 2 aromatic heterocycles. The fourth-order valence-electron chi connectivity index (χ4n) is 3.70. The van der Waals surface area contributed by atoms with Gasteiger partial charge in [-0.15, -0.1) is 0 Å². The van der Waals surface area contributed by atoms with Crippen molar-refractivity contribution in [2.24, 2.45) is 0 Å². The van der Waals surface area contributed by atoms with Gasteiger partial charge in [0, 0.05) is 36.7 Å². The van der Waals surface area contributed by atoms with Gasteiger partial charge in [0.1, 0.15) is 6.61 Å². The third-order valence-corrected chi connectivity index (χ3v) is 5.48. The maximum absolute atomic E-state index is 13.4. The molecule has 5 rings (SSSR count). The summed E-state index contributed by atoms with van der Waals surface area (Å²) in [5.74, 6) is 1.42. The molecule has 10 nitrogen and oxygen atoms in total. The fourth-order valence-corrected chi connectivity index (χ4v) is 3.70. The van der Waals surface area contributed by atoms with Crippen LogP contribution in [0.25, 0.3) is 0 Å². The molecule has 0 spiro atoms. The normalized spacial score (nSPS) is 15.4. The van der Waals surface area contributed by atoms with E-state index in [-0.39, 0.29) is 12.1 Å². The van der Waals surface area contributed by atoms with Gasteiger partial charge in [-0.05, 0) is 37.1 Å². The van der Waals surface area contributed by atoms with Crippen LogP contribution in [0.4, 0.5) is 33.6 Å². The minimum Gasteiger partial charge on any atom is -0.475 e. The molecule has 1 aromatic carbocycles. The van der Waals surface area contributed by atoms with Crippen LogP contribution in [0.15, 0.2) is 48.8 Å². The molecule has 1 fully saturated rings. The van der Waals surface area contributed by atoms with E-state index in [1.165, 1.54) is 0 Å². The predicted octanol–water partition coefficient (Wildman–Crippen LogP) is 3.46. The second-order valence-electron chi connectivity index (χ2n) is 7.97. The van der Waals surface area contributed by atoms with Gasteiger partial charge in [-0.2, -0.15) is 4.98 Å². The molecular weight excluding hydrogens is 422 g/mol. The first-order valence-corrected chi connectivity index (χ1v) is 10.8. The first-order valence-electron chi connectivity index (χ1n) is 10.8. The minimum absolute atomic E-state index is 0.0977. The van der Waals surface area contributed by atoms with Crippen molar-refractivity contribution in [1.82, 2.24) is 19.9 Å². The standard InChI is InChI=1S/C23H25N7O3/c1-32-9-10-33-20-8-5-17(13-25-20)27-22-26-12-15-14-29(18-6-7-18)23(31)30(21(15)28-22)19-4-2-3-16(24)11-19/h2-5,8,11-13,18H,6-7,9-10,14,24H2,1H3,(H,26,27,28). The second-order valence-corrected chi connectivity index (χ2v) is 7.97. The van der Waals surface area contributed by atoms with Crippen LogP contribution in [-0.4, -0.2) is 52.2 Å². The van der Waals surface area contributed by atoms with Crippen molar-refractivity contribution in [1.29, 1.82) is 0 Å². The van der Waals surface area contributed by atoms with Crippen LogP contribution in [0, 0.1) is 0 Å². The molecule has 1 saturated carbocycles. The number of pyridine rings is 1. The Morgan fingerprint density at radius 2 is 2.03 bits per heavy atom. The van der Waals surface area contributed by atoms with Crippen LogP contribution in [0.5, 0.6) is 5.88 Å². The summed E-state index contributed by atoms with van der Waals surface area (Å²) in [6.45, 7) is 1.41. The zero-order chi connectivity index (χ0) is 22.8. The molecule has 3 N–H and O–H groups in total. The molecule has 2 aliphatic rings. The highest BCUT2D eigenvalue weighted by atomic mass is 16.5. The number of nitrogen functional groups attached to an aromatic ring is 1. The van der Waals surface area contributed by atoms with Crippen molar-refractivity contribution in [2.45, 2.75) is 25.4 Å². The van der Waals surface area contributed by atoms with E-state index in [0.29, 0.717) is 54.5 Å². The Hall–Kier alpha value is -3.92. The largest absolute Gasteiger partial charge is 0.475 e. The number of hydrogen-bond acceptors (Lipinski definition) is 8. The molecule has 10 heteroatoms. The lowest BCUT2D eigenvalue weighted by atomic mass is 10.1. The molecule has 3 aromatic rings. The predicted molar refractivity (Wildman–Crippen MR) is 124 cm³/mol. The van der Waals surface area contributed by atoms with Gasteiger partial charge in [-0.25, -0.2) is 19.7 Å². The molecule has 0 saturated heterocycles. The average molecular weight is 447 g/mol. The number of anilines is 5. The molecule has 33 heavy (non-hydrogen) atoms. The topological polar surface area (TPSA) is 119 Å². The second kappa shape index (κ2) is 8.91. The number of nitrogens with two attached hydrogens (primary N) is 1. The zero-order valence-corrected chi connectivity index (χ0v) is 18.3. The van der Waals surface area contributed by atoms with Crippen molar-refractivity contribution >= 4 is 34.9 Å². The van der Waals surface area contributed by atoms with Gasteiger partial charge in [0.15, 0.2) is 5.82 Å². The Kier molecular flexibility index (Phi) is 5.66. The van der Waals surface area contributed by atoms with Gasteiger partial charge in [-0.3, -0.25) is 0 Å². The number of aromatic nitrogens is 3. The Morgan fingerprint density at radius 1 is 1.15 bits per heavy atom. The third kappa shape index (κ3) is 4.51. The molecule has 0 atom stereocenters. The average Bonchev–Trinajstić information content (AvgIpc) is 3.65. The maximum atomic E-state index is 13.4. The Bertz CT molecular complexity index is 1150. The van der Waals surface area contributed by atoms with E-state index in [9.17, 15) is 4.79 Å². The number of methoxy groups -OCH3 is 1. The highest BCUT2D eigenvalue weighted by Gasteiger charge is 2.41. The Labute approximate surface area is 191 Å². The smallest absolute Gasteiger partial charge is 0.330 e. The highest BCUT2D eigenvalue weighted by Crippen LogP contribution is 2.39. The number of fused-ring (bicyclic) bond motifs is 1. The van der Waals surface area contributed by atoms with Gasteiger partial charge >= 0.3 is 6.03 Å². The molecule has 0 bridgehead atoms. The van der Waals surface area contributed by atoms with Gasteiger partial charge in [0.25, 0.3) is 0 Å². The lowest BCUT2D eigenvalue weighted by Crippen LogP contribution is -2.46. The number of rotatable bonds is 8. The zero-order valence-electron chi connectivity index (χ0n) is 18.3. The van der Waals surface area contributed by atoms with Crippen molar-refractivity contribution in [3.8, 4) is 5.88 Å². The molecular formula is C23H25N7O3. The SMILES string of the molecule is COCCOc1ccc(Nc2ncc3c(n2)N(c2cccc(N)c2)C(=O)N(C2CC2)C3)cn1. The molecule has 170 valence electrons. The van der Waals surface area contributed by atoms with E-state index in [1.807, 2.05) is 23.1 Å². The minimum atomic E-state index is -0.0977. The van der Waals surface area contributed by atoms with Crippen molar-refractivity contribution in [2.75, 3.05) is 36.3 Å². The summed E-state index contributed by atoms with van der Waals surface area (Å²) < 4.78 is 10.5. The number of carbonyl (C=O) groups excluding carboxylic acids is 1. The summed E-state index contributed by atoms with van der Waals surface area (Å²) in [5, 5.41) is 3.15. The number of ether oxygens (including phenoxy) is 2. The van der Waals surface area contributed by atoms with E-state index in [2.05, 4.69) is 20.3 Å². The highest BCUT2D eigenvalue weighted by molar-refractivity contribution is 6.01. The number of hydrogen-bond donors (Lipinski definition) is 2. The molecule has 3 heterocycles. The first kappa shape index (κ1) is 21.0. The van der Waals surface area contributed by atoms with Gasteiger partial charge in [0.05, 0.1) is 30.7 Å². The summed E-state index contributed by atoms with van der Waals surface area (Å²) >= 11 is 0. The van der Waals surface area contributed by atoms with Gasteiger partial charge in [0.2, 0.25) is 11.8 Å². The molecule has 1 aliphatic carbocycles. The summed E-state index contributed by atoms with van der Waals surface area (Å²) in [4.78, 5) is 30.3. The van der Waals surface area contributed by atoms with Crippen molar-refractivity contribution in [3.63, 3.8) is 0 Å². The third-order valence-electron chi connectivity index (χ3n) is 5.48. The number of nitrogens with one attached hydrogen (secondary N) is 1. The lowest BCUT2D eigenvalue weighted by Gasteiger charge is -2.36. The monoisotopic (exact) mass is 447 g/mol. The number of amides is 2. The van der Waals surface area contributed by atoms with E-state index in [4.69, 9.17) is 15.2 Å². The van der Waals surface area contributed by atoms with Crippen molar-refractivity contribution < 1.29 is 14.3 Å². The van der Waals surface area contributed by atoms with Crippen LogP contribution in [-0.2, 0) is 11.3 Å². The van der Waals surface area contributed by atoms with E-state index in [1.54, 1.807) is 42.6 Å². The first-order chi connectivity index (χ1) is 16.1.